The quantitative estimate of drug-likeness (QED) is 0.219. The van der Waals surface area contributed by atoms with Gasteiger partial charge in [-0.25, -0.2) is 4.98 Å². The number of hydrogen-bond acceptors (Lipinski definition) is 8. The van der Waals surface area contributed by atoms with E-state index in [0.29, 0.717) is 57.2 Å². The Bertz CT molecular complexity index is 1550. The number of H-pyrrole nitrogens is 1. The van der Waals surface area contributed by atoms with Gasteiger partial charge in [-0.05, 0) is 68.4 Å². The molecular weight excluding hydrogens is 563 g/mol. The summed E-state index contributed by atoms with van der Waals surface area (Å²) in [5.74, 6) is 0.610. The summed E-state index contributed by atoms with van der Waals surface area (Å²) in [7, 11) is 2.14. The number of fused-ring (bicyclic) bond motifs is 1. The van der Waals surface area contributed by atoms with Crippen molar-refractivity contribution in [2.75, 3.05) is 67.3 Å². The number of nitrogens with zero attached hydrogens (tertiary/aromatic N) is 4. The highest BCUT2D eigenvalue weighted by atomic mass is 35.5. The molecule has 0 radical (unpaired) electrons. The lowest BCUT2D eigenvalue weighted by Gasteiger charge is -2.34. The number of carbonyl (C=O) groups is 1. The minimum absolute atomic E-state index is 0.234. The van der Waals surface area contributed by atoms with E-state index in [1.807, 2.05) is 18.2 Å². The van der Waals surface area contributed by atoms with Crippen molar-refractivity contribution in [1.29, 1.82) is 0 Å². The molecule has 4 aromatic rings. The molecular formula is C29H32Cl2N8O2. The summed E-state index contributed by atoms with van der Waals surface area (Å²) in [5, 5.41) is 18.1. The Labute approximate surface area is 248 Å². The van der Waals surface area contributed by atoms with E-state index in [1.165, 1.54) is 0 Å². The lowest BCUT2D eigenvalue weighted by Crippen LogP contribution is -2.44. The van der Waals surface area contributed by atoms with Crippen LogP contribution in [0.3, 0.4) is 0 Å². The number of carbonyl (C=O) groups excluding carboxylic acids is 1. The molecule has 10 nitrogen and oxygen atoms in total. The average molecular weight is 596 g/mol. The summed E-state index contributed by atoms with van der Waals surface area (Å²) in [6.07, 6.45) is 1.78. The van der Waals surface area contributed by atoms with Crippen LogP contribution in [0, 0.1) is 0 Å². The van der Waals surface area contributed by atoms with Gasteiger partial charge in [0.05, 0.1) is 21.8 Å². The fourth-order valence-electron chi connectivity index (χ4n) is 5.13. The summed E-state index contributed by atoms with van der Waals surface area (Å²) in [4.78, 5) is 23.1. The zero-order chi connectivity index (χ0) is 28.3. The van der Waals surface area contributed by atoms with E-state index in [1.54, 1.807) is 24.3 Å². The van der Waals surface area contributed by atoms with Crippen LogP contribution < -0.4 is 20.9 Å². The van der Waals surface area contributed by atoms with Gasteiger partial charge in [0, 0.05) is 61.8 Å². The topological polar surface area (TPSA) is 110 Å². The number of ether oxygens (including phenoxy) is 1. The van der Waals surface area contributed by atoms with Crippen LogP contribution in [0.5, 0.6) is 0 Å². The lowest BCUT2D eigenvalue weighted by atomic mass is 10.1. The largest absolute Gasteiger partial charge is 0.381 e. The van der Waals surface area contributed by atoms with Gasteiger partial charge < -0.3 is 30.5 Å². The highest BCUT2D eigenvalue weighted by Gasteiger charge is 2.22. The number of halogens is 2. The van der Waals surface area contributed by atoms with Gasteiger partial charge in [0.25, 0.3) is 5.91 Å². The molecule has 0 aliphatic carbocycles. The Morgan fingerprint density at radius 1 is 1.00 bits per heavy atom. The lowest BCUT2D eigenvalue weighted by molar-refractivity contribution is 0.0904. The third-order valence-electron chi connectivity index (χ3n) is 7.53. The molecule has 6 rings (SSSR count). The molecule has 4 N–H and O–H groups in total. The Balaban J connectivity index is 1.26. The molecule has 2 aromatic heterocycles. The third-order valence-corrected chi connectivity index (χ3v) is 8.09. The van der Waals surface area contributed by atoms with Gasteiger partial charge in [-0.2, -0.15) is 5.10 Å². The molecule has 0 spiro atoms. The summed E-state index contributed by atoms with van der Waals surface area (Å²) in [6.45, 7) is 5.31. The van der Waals surface area contributed by atoms with E-state index in [0.717, 1.165) is 50.4 Å². The number of likely N-dealkylation sites (N-methyl/N-ethyl adjacent to an activating group) is 1. The minimum Gasteiger partial charge on any atom is -0.381 e. The summed E-state index contributed by atoms with van der Waals surface area (Å²) in [5.41, 5.74) is 4.29. The molecule has 2 saturated heterocycles. The van der Waals surface area contributed by atoms with Gasteiger partial charge in [0.2, 0.25) is 0 Å². The second-order valence-corrected chi connectivity index (χ2v) is 11.3. The number of benzene rings is 2. The van der Waals surface area contributed by atoms with Crippen LogP contribution in [0.4, 0.5) is 28.7 Å². The van der Waals surface area contributed by atoms with Crippen LogP contribution in [0.15, 0.2) is 48.5 Å². The van der Waals surface area contributed by atoms with Crippen molar-refractivity contribution < 1.29 is 9.53 Å². The van der Waals surface area contributed by atoms with Gasteiger partial charge in [-0.1, -0.05) is 23.2 Å². The normalized spacial score (nSPS) is 16.6. The molecule has 0 bridgehead atoms. The number of aromatic amines is 1. The van der Waals surface area contributed by atoms with Crippen LogP contribution in [-0.4, -0.2) is 78.5 Å². The number of nitrogens with one attached hydrogen (secondary N) is 4. The molecule has 214 valence electrons. The number of aromatic nitrogens is 3. The van der Waals surface area contributed by atoms with E-state index in [-0.39, 0.29) is 11.9 Å². The van der Waals surface area contributed by atoms with Gasteiger partial charge in [0.1, 0.15) is 11.3 Å². The Morgan fingerprint density at radius 2 is 1.80 bits per heavy atom. The van der Waals surface area contributed by atoms with Crippen LogP contribution in [0.25, 0.3) is 11.0 Å². The zero-order valence-corrected chi connectivity index (χ0v) is 24.2. The second kappa shape index (κ2) is 12.1. The molecule has 41 heavy (non-hydrogen) atoms. The number of pyridine rings is 1. The van der Waals surface area contributed by atoms with Gasteiger partial charge in [-0.3, -0.25) is 9.89 Å². The molecule has 1 amide bonds. The standard InChI is InChI=1S/C29H32Cl2N8O2/c1-38-10-12-39(13-11-38)20-3-4-21(24(17-20)32-19-8-14-41-15-9-19)29(40)35-28-27-23(36-37-28)6-7-26(34-27)33-25-16-18(30)2-5-22(25)31/h2-7,16-17,19,32H,8-15H2,1H3,(H,33,34)(H2,35,36,37,40). The van der Waals surface area contributed by atoms with E-state index < -0.39 is 0 Å². The average Bonchev–Trinajstić information content (AvgIpc) is 3.37. The van der Waals surface area contributed by atoms with Gasteiger partial charge >= 0.3 is 0 Å². The van der Waals surface area contributed by atoms with Crippen molar-refractivity contribution in [2.45, 2.75) is 18.9 Å². The first-order valence-corrected chi connectivity index (χ1v) is 14.5. The van der Waals surface area contributed by atoms with E-state index in [2.05, 4.69) is 54.0 Å². The summed E-state index contributed by atoms with van der Waals surface area (Å²) >= 11 is 12.5. The summed E-state index contributed by atoms with van der Waals surface area (Å²) < 4.78 is 5.54. The number of anilines is 5. The van der Waals surface area contributed by atoms with Crippen molar-refractivity contribution in [1.82, 2.24) is 20.1 Å². The zero-order valence-electron chi connectivity index (χ0n) is 22.7. The van der Waals surface area contributed by atoms with Crippen molar-refractivity contribution in [3.63, 3.8) is 0 Å². The first-order valence-electron chi connectivity index (χ1n) is 13.7. The van der Waals surface area contributed by atoms with Crippen molar-refractivity contribution in [3.8, 4) is 0 Å². The van der Waals surface area contributed by atoms with E-state index in [9.17, 15) is 4.79 Å². The molecule has 2 aliphatic heterocycles. The molecule has 12 heteroatoms. The predicted molar refractivity (Wildman–Crippen MR) is 165 cm³/mol. The summed E-state index contributed by atoms with van der Waals surface area (Å²) in [6, 6.07) is 15.0. The highest BCUT2D eigenvalue weighted by molar-refractivity contribution is 6.35. The number of hydrogen-bond donors (Lipinski definition) is 4. The Kier molecular flexibility index (Phi) is 8.16. The van der Waals surface area contributed by atoms with Crippen molar-refractivity contribution in [3.05, 3.63) is 64.1 Å². The maximum atomic E-state index is 13.7. The predicted octanol–water partition coefficient (Wildman–Crippen LogP) is 5.60. The smallest absolute Gasteiger partial charge is 0.259 e. The third kappa shape index (κ3) is 6.36. The molecule has 2 fully saturated rings. The first kappa shape index (κ1) is 27.6. The molecule has 2 aromatic carbocycles. The minimum atomic E-state index is -0.268. The maximum Gasteiger partial charge on any atom is 0.259 e. The van der Waals surface area contributed by atoms with E-state index >= 15 is 0 Å². The first-order chi connectivity index (χ1) is 19.9. The van der Waals surface area contributed by atoms with Gasteiger partial charge in [0.15, 0.2) is 5.82 Å². The van der Waals surface area contributed by atoms with Crippen LogP contribution in [0.1, 0.15) is 23.2 Å². The van der Waals surface area contributed by atoms with Crippen molar-refractivity contribution in [2.24, 2.45) is 0 Å². The van der Waals surface area contributed by atoms with Crippen LogP contribution in [-0.2, 0) is 4.74 Å². The molecule has 0 saturated carbocycles. The van der Waals surface area contributed by atoms with Crippen molar-refractivity contribution >= 4 is 68.8 Å². The van der Waals surface area contributed by atoms with Crippen LogP contribution in [0.2, 0.25) is 10.0 Å². The SMILES string of the molecule is CN1CCN(c2ccc(C(=O)Nc3n[nH]c4ccc(Nc5cc(Cl)ccc5Cl)nc34)c(NC3CCOCC3)c2)CC1. The highest BCUT2D eigenvalue weighted by Crippen LogP contribution is 2.31. The Hall–Kier alpha value is -3.57. The maximum absolute atomic E-state index is 13.7. The number of rotatable bonds is 7. The van der Waals surface area contributed by atoms with E-state index in [4.69, 9.17) is 27.9 Å². The molecule has 2 aliphatic rings. The van der Waals surface area contributed by atoms with Crippen LogP contribution >= 0.6 is 23.2 Å². The Morgan fingerprint density at radius 3 is 2.61 bits per heavy atom. The monoisotopic (exact) mass is 594 g/mol. The fraction of sp³-hybridized carbons (Fsp3) is 0.345. The fourth-order valence-corrected chi connectivity index (χ4v) is 5.47. The number of amides is 1. The van der Waals surface area contributed by atoms with Gasteiger partial charge in [-0.15, -0.1) is 0 Å². The number of piperazine rings is 1. The second-order valence-electron chi connectivity index (χ2n) is 10.4. The molecule has 4 heterocycles. The molecule has 0 unspecified atom stereocenters. The molecule has 0 atom stereocenters.